The van der Waals surface area contributed by atoms with Gasteiger partial charge in [0.15, 0.2) is 5.79 Å². The highest BCUT2D eigenvalue weighted by atomic mass is 16.7. The van der Waals surface area contributed by atoms with Gasteiger partial charge < -0.3 is 14.7 Å². The van der Waals surface area contributed by atoms with Crippen molar-refractivity contribution in [2.75, 3.05) is 13.2 Å². The van der Waals surface area contributed by atoms with Crippen molar-refractivity contribution in [1.82, 2.24) is 0 Å². The largest absolute Gasteiger partial charge is 0.411 e. The lowest BCUT2D eigenvalue weighted by Gasteiger charge is -2.58. The molecule has 1 heterocycles. The van der Waals surface area contributed by atoms with Gasteiger partial charge in [-0.3, -0.25) is 0 Å². The van der Waals surface area contributed by atoms with E-state index in [0.717, 1.165) is 44.6 Å². The summed E-state index contributed by atoms with van der Waals surface area (Å²) in [6.45, 7) is 1.51. The number of hydrogen-bond donors (Lipinski definition) is 1. The van der Waals surface area contributed by atoms with E-state index in [2.05, 4.69) is 5.16 Å². The first-order valence-corrected chi connectivity index (χ1v) is 6.33. The predicted octanol–water partition coefficient (Wildman–Crippen LogP) is 1.63. The second kappa shape index (κ2) is 2.99. The first kappa shape index (κ1) is 9.42. The Morgan fingerprint density at radius 3 is 1.94 bits per heavy atom. The number of ether oxygens (including phenoxy) is 2. The molecule has 1 N–H and O–H groups in total. The molecule has 4 aliphatic carbocycles. The summed E-state index contributed by atoms with van der Waals surface area (Å²) in [5, 5.41) is 12.6. The normalized spacial score (nSPS) is 47.9. The lowest BCUT2D eigenvalue weighted by atomic mass is 9.52. The quantitative estimate of drug-likeness (QED) is 0.501. The average molecular weight is 223 g/mol. The van der Waals surface area contributed by atoms with Crippen LogP contribution < -0.4 is 0 Å². The maximum atomic E-state index is 9.08. The summed E-state index contributed by atoms with van der Waals surface area (Å²) in [5.74, 6) is 1.79. The monoisotopic (exact) mass is 223 g/mol. The van der Waals surface area contributed by atoms with Crippen LogP contribution in [-0.4, -0.2) is 29.9 Å². The Morgan fingerprint density at radius 1 is 1.00 bits per heavy atom. The van der Waals surface area contributed by atoms with Crippen molar-refractivity contribution >= 4 is 5.71 Å². The van der Waals surface area contributed by atoms with Crippen molar-refractivity contribution < 1.29 is 14.7 Å². The fourth-order valence-electron chi connectivity index (χ4n) is 4.64. The van der Waals surface area contributed by atoms with Crippen LogP contribution in [0.2, 0.25) is 0 Å². The maximum Gasteiger partial charge on any atom is 0.174 e. The zero-order valence-corrected chi connectivity index (χ0v) is 9.26. The van der Waals surface area contributed by atoms with Crippen molar-refractivity contribution in [1.29, 1.82) is 0 Å². The molecule has 5 aliphatic rings. The van der Waals surface area contributed by atoms with Crippen molar-refractivity contribution in [2.45, 2.75) is 31.5 Å². The van der Waals surface area contributed by atoms with Gasteiger partial charge in [-0.15, -0.1) is 0 Å². The molecule has 5 fully saturated rings. The Morgan fingerprint density at radius 2 is 1.50 bits per heavy atom. The van der Waals surface area contributed by atoms with Gasteiger partial charge in [-0.25, -0.2) is 0 Å². The number of rotatable bonds is 0. The van der Waals surface area contributed by atoms with Gasteiger partial charge in [0, 0.05) is 23.7 Å². The molecule has 4 nitrogen and oxygen atoms in total. The highest BCUT2D eigenvalue weighted by Gasteiger charge is 2.62. The lowest BCUT2D eigenvalue weighted by molar-refractivity contribution is -0.273. The minimum absolute atomic E-state index is 0.256. The summed E-state index contributed by atoms with van der Waals surface area (Å²) in [6.07, 6.45) is 4.36. The summed E-state index contributed by atoms with van der Waals surface area (Å²) < 4.78 is 11.9. The van der Waals surface area contributed by atoms with E-state index in [0.29, 0.717) is 23.7 Å². The van der Waals surface area contributed by atoms with Crippen LogP contribution in [0, 0.1) is 23.7 Å². The van der Waals surface area contributed by atoms with E-state index in [1.165, 1.54) is 0 Å². The van der Waals surface area contributed by atoms with Crippen molar-refractivity contribution in [3.63, 3.8) is 0 Å². The van der Waals surface area contributed by atoms with E-state index >= 15 is 0 Å². The molecule has 4 bridgehead atoms. The van der Waals surface area contributed by atoms with Gasteiger partial charge in [-0.2, -0.15) is 0 Å². The standard InChI is InChI=1S/C12H17NO3/c14-13-11-7-3-9-5-8(11)6-10(4-7)12(9)15-1-2-16-12/h7-10,14H,1-6H2. The van der Waals surface area contributed by atoms with Gasteiger partial charge in [0.2, 0.25) is 0 Å². The van der Waals surface area contributed by atoms with Crippen LogP contribution in [0.15, 0.2) is 5.16 Å². The van der Waals surface area contributed by atoms with E-state index < -0.39 is 0 Å². The molecule has 0 unspecified atom stereocenters. The van der Waals surface area contributed by atoms with Crippen LogP contribution in [0.25, 0.3) is 0 Å². The Bertz CT molecular complexity index is 312. The minimum Gasteiger partial charge on any atom is -0.411 e. The van der Waals surface area contributed by atoms with Crippen LogP contribution in [0.3, 0.4) is 0 Å². The van der Waals surface area contributed by atoms with Crippen molar-refractivity contribution in [2.24, 2.45) is 28.8 Å². The summed E-state index contributed by atoms with van der Waals surface area (Å²) in [6, 6.07) is 0. The third-order valence-electron chi connectivity index (χ3n) is 5.10. The maximum absolute atomic E-state index is 9.08. The van der Waals surface area contributed by atoms with Gasteiger partial charge in [-0.05, 0) is 25.7 Å². The molecule has 0 atom stereocenters. The molecular formula is C12H17NO3. The second-order valence-electron chi connectivity index (χ2n) is 5.67. The van der Waals surface area contributed by atoms with E-state index in [-0.39, 0.29) is 5.79 Å². The zero-order chi connectivity index (χ0) is 10.8. The fraction of sp³-hybridized carbons (Fsp3) is 0.917. The predicted molar refractivity (Wildman–Crippen MR) is 56.3 cm³/mol. The summed E-state index contributed by atoms with van der Waals surface area (Å²) in [7, 11) is 0. The minimum atomic E-state index is -0.256. The van der Waals surface area contributed by atoms with Gasteiger partial charge in [0.05, 0.1) is 18.9 Å². The van der Waals surface area contributed by atoms with Crippen LogP contribution in [0.5, 0.6) is 0 Å². The third kappa shape index (κ3) is 0.955. The molecule has 0 aromatic rings. The SMILES string of the molecule is ON=C1C2CC3CC1CC(C2)C31OCCO1. The van der Waals surface area contributed by atoms with Crippen LogP contribution in [0.1, 0.15) is 25.7 Å². The Labute approximate surface area is 94.6 Å². The summed E-state index contributed by atoms with van der Waals surface area (Å²) in [4.78, 5) is 0. The molecule has 0 amide bonds. The molecule has 1 aliphatic heterocycles. The Balaban J connectivity index is 1.72. The highest BCUT2D eigenvalue weighted by molar-refractivity contribution is 5.90. The van der Waals surface area contributed by atoms with Gasteiger partial charge in [0.25, 0.3) is 0 Å². The molecule has 0 aromatic carbocycles. The zero-order valence-electron chi connectivity index (χ0n) is 9.26. The lowest BCUT2D eigenvalue weighted by Crippen LogP contribution is -2.61. The molecule has 0 aromatic heterocycles. The van der Waals surface area contributed by atoms with Gasteiger partial charge in [0.1, 0.15) is 0 Å². The number of nitrogens with zero attached hydrogens (tertiary/aromatic N) is 1. The van der Waals surface area contributed by atoms with E-state index in [9.17, 15) is 0 Å². The molecule has 4 saturated carbocycles. The number of hydrogen-bond acceptors (Lipinski definition) is 4. The smallest absolute Gasteiger partial charge is 0.174 e. The van der Waals surface area contributed by atoms with Crippen molar-refractivity contribution in [3.8, 4) is 0 Å². The molecule has 5 rings (SSSR count). The fourth-order valence-corrected chi connectivity index (χ4v) is 4.64. The number of oxime groups is 1. The molecule has 0 radical (unpaired) electrons. The second-order valence-corrected chi connectivity index (χ2v) is 5.67. The topological polar surface area (TPSA) is 51.1 Å². The van der Waals surface area contributed by atoms with Crippen molar-refractivity contribution in [3.05, 3.63) is 0 Å². The van der Waals surface area contributed by atoms with E-state index in [1.54, 1.807) is 0 Å². The van der Waals surface area contributed by atoms with Crippen LogP contribution in [0.4, 0.5) is 0 Å². The third-order valence-corrected chi connectivity index (χ3v) is 5.10. The first-order valence-electron chi connectivity index (χ1n) is 6.33. The molecule has 4 heteroatoms. The van der Waals surface area contributed by atoms with E-state index in [4.69, 9.17) is 14.7 Å². The molecule has 16 heavy (non-hydrogen) atoms. The average Bonchev–Trinajstić information content (AvgIpc) is 2.74. The van der Waals surface area contributed by atoms with E-state index in [1.807, 2.05) is 0 Å². The molecule has 1 saturated heterocycles. The summed E-state index contributed by atoms with van der Waals surface area (Å²) >= 11 is 0. The van der Waals surface area contributed by atoms with Crippen LogP contribution >= 0.6 is 0 Å². The van der Waals surface area contributed by atoms with Gasteiger partial charge >= 0.3 is 0 Å². The first-order chi connectivity index (χ1) is 7.83. The summed E-state index contributed by atoms with van der Waals surface area (Å²) in [5.41, 5.74) is 1.06. The Kier molecular flexibility index (Phi) is 1.76. The molecular weight excluding hydrogens is 206 g/mol. The van der Waals surface area contributed by atoms with Crippen LogP contribution in [-0.2, 0) is 9.47 Å². The van der Waals surface area contributed by atoms with Gasteiger partial charge in [-0.1, -0.05) is 5.16 Å². The molecule has 1 spiro atoms. The molecule has 88 valence electrons. The Hall–Kier alpha value is -0.610. The highest BCUT2D eigenvalue weighted by Crippen LogP contribution is 2.59.